The fraction of sp³-hybridized carbons (Fsp3) is 0.909. The van der Waals surface area contributed by atoms with Gasteiger partial charge < -0.3 is 23.8 Å². The van der Waals surface area contributed by atoms with E-state index in [1.165, 1.54) is 7.11 Å². The van der Waals surface area contributed by atoms with Gasteiger partial charge in [0.15, 0.2) is 6.10 Å². The van der Waals surface area contributed by atoms with Crippen LogP contribution in [-0.4, -0.2) is 57.5 Å². The summed E-state index contributed by atoms with van der Waals surface area (Å²) < 4.78 is 20.1. The fourth-order valence-corrected chi connectivity index (χ4v) is 1.88. The van der Waals surface area contributed by atoms with Crippen molar-refractivity contribution in [2.45, 2.75) is 31.9 Å². The highest BCUT2D eigenvalue weighted by molar-refractivity contribution is 5.88. The van der Waals surface area contributed by atoms with E-state index in [0.29, 0.717) is 0 Å². The quantitative estimate of drug-likeness (QED) is 0.338. The molecular weight excluding hydrogens is 226 g/mol. The van der Waals surface area contributed by atoms with Gasteiger partial charge in [0.2, 0.25) is 0 Å². The Morgan fingerprint density at radius 3 is 2.53 bits per heavy atom. The van der Waals surface area contributed by atoms with Gasteiger partial charge in [0.05, 0.1) is 6.04 Å². The molecule has 0 aromatic heterocycles. The Morgan fingerprint density at radius 1 is 1.24 bits per heavy atom. The van der Waals surface area contributed by atoms with E-state index in [1.807, 2.05) is 0 Å². The molecule has 6 nitrogen and oxygen atoms in total. The van der Waals surface area contributed by atoms with Crippen LogP contribution < -0.4 is 0 Å². The molecule has 1 aliphatic rings. The van der Waals surface area contributed by atoms with Crippen molar-refractivity contribution in [2.75, 3.05) is 34.5 Å². The summed E-state index contributed by atoms with van der Waals surface area (Å²) in [4.78, 5) is 13.4. The second kappa shape index (κ2) is 7.60. The number of hydrogen-bond acceptors (Lipinski definition) is 5. The molecule has 100 valence electrons. The van der Waals surface area contributed by atoms with Crippen molar-refractivity contribution >= 4 is 5.91 Å². The molecule has 2 atom stereocenters. The first-order chi connectivity index (χ1) is 8.26. The van der Waals surface area contributed by atoms with E-state index in [0.717, 1.165) is 12.8 Å². The third-order valence-corrected chi connectivity index (χ3v) is 2.66. The lowest BCUT2D eigenvalue weighted by molar-refractivity contribution is -0.203. The van der Waals surface area contributed by atoms with Crippen LogP contribution >= 0.6 is 0 Å². The Kier molecular flexibility index (Phi) is 6.43. The molecule has 1 fully saturated rings. The van der Waals surface area contributed by atoms with Gasteiger partial charge in [-0.3, -0.25) is 4.79 Å². The number of hydrogen-bond donors (Lipinski definition) is 0. The topological polar surface area (TPSA) is 57.2 Å². The lowest BCUT2D eigenvalue weighted by Crippen LogP contribution is -2.66. The van der Waals surface area contributed by atoms with Crippen LogP contribution in [0.4, 0.5) is 0 Å². The molecule has 0 aliphatic carbocycles. The lowest BCUT2D eigenvalue weighted by atomic mass is 9.94. The number of amides is 1. The fourth-order valence-electron chi connectivity index (χ4n) is 1.88. The number of rotatable bonds is 9. The first-order valence-electron chi connectivity index (χ1n) is 5.74. The number of likely N-dealkylation sites (tertiary alicyclic amines) is 1. The van der Waals surface area contributed by atoms with E-state index >= 15 is 0 Å². The van der Waals surface area contributed by atoms with E-state index in [1.54, 1.807) is 12.0 Å². The van der Waals surface area contributed by atoms with Gasteiger partial charge in [-0.15, -0.1) is 0 Å². The third-order valence-electron chi connectivity index (χ3n) is 2.66. The smallest absolute Gasteiger partial charge is 0.256 e. The van der Waals surface area contributed by atoms with Gasteiger partial charge in [-0.2, -0.15) is 0 Å². The Balaban J connectivity index is 2.39. The van der Waals surface area contributed by atoms with Crippen molar-refractivity contribution in [1.82, 2.24) is 4.90 Å². The molecule has 1 saturated heterocycles. The summed E-state index contributed by atoms with van der Waals surface area (Å²) in [5.74, 6) is -0.0448. The highest BCUT2D eigenvalue weighted by Crippen LogP contribution is 2.26. The highest BCUT2D eigenvalue weighted by Gasteiger charge is 2.47. The number of carbonyl (C=O) groups is 1. The summed E-state index contributed by atoms with van der Waals surface area (Å²) in [5.41, 5.74) is 0. The molecule has 6 heteroatoms. The molecule has 0 bridgehead atoms. The minimum atomic E-state index is -0.388. The van der Waals surface area contributed by atoms with Crippen LogP contribution in [0.15, 0.2) is 0 Å². The summed E-state index contributed by atoms with van der Waals surface area (Å²) in [7, 11) is 3.09. The zero-order valence-electron chi connectivity index (χ0n) is 10.7. The first kappa shape index (κ1) is 14.4. The summed E-state index contributed by atoms with van der Waals surface area (Å²) in [6.07, 6.45) is 1.50. The molecule has 0 spiro atoms. The molecule has 0 saturated carbocycles. The van der Waals surface area contributed by atoms with Crippen molar-refractivity contribution in [3.05, 3.63) is 0 Å². The van der Waals surface area contributed by atoms with Gasteiger partial charge in [-0.1, -0.05) is 13.3 Å². The van der Waals surface area contributed by atoms with Gasteiger partial charge in [-0.25, -0.2) is 0 Å². The van der Waals surface area contributed by atoms with Gasteiger partial charge in [-0.05, 0) is 6.42 Å². The number of carbonyl (C=O) groups excluding carboxylic acids is 1. The zero-order chi connectivity index (χ0) is 12.7. The number of β-lactam (4-membered cyclic amide) rings is 1. The maximum Gasteiger partial charge on any atom is 0.256 e. The number of methoxy groups -OCH3 is 2. The minimum absolute atomic E-state index is 0.0448. The molecule has 1 amide bonds. The maximum atomic E-state index is 11.8. The number of ether oxygens (including phenoxy) is 4. The predicted octanol–water partition coefficient (Wildman–Crippen LogP) is 0.564. The van der Waals surface area contributed by atoms with E-state index in [2.05, 4.69) is 6.92 Å². The van der Waals surface area contributed by atoms with Gasteiger partial charge in [0.1, 0.15) is 20.3 Å². The van der Waals surface area contributed by atoms with Crippen molar-refractivity contribution < 1.29 is 23.7 Å². The summed E-state index contributed by atoms with van der Waals surface area (Å²) in [6.45, 7) is 2.66. The van der Waals surface area contributed by atoms with Gasteiger partial charge >= 0.3 is 0 Å². The van der Waals surface area contributed by atoms with Crippen molar-refractivity contribution in [3.8, 4) is 0 Å². The monoisotopic (exact) mass is 247 g/mol. The third kappa shape index (κ3) is 3.64. The normalized spacial score (nSPS) is 23.9. The lowest BCUT2D eigenvalue weighted by Gasteiger charge is -2.46. The molecule has 0 aromatic rings. The maximum absolute atomic E-state index is 11.8. The van der Waals surface area contributed by atoms with Crippen molar-refractivity contribution in [1.29, 1.82) is 0 Å². The SMILES string of the molecule is CCC[C@H]1[C@@H](OCOC)C(=O)N1COCOC. The van der Waals surface area contributed by atoms with Crippen LogP contribution in [0.25, 0.3) is 0 Å². The molecule has 0 aromatic carbocycles. The van der Waals surface area contributed by atoms with Crippen LogP contribution in [0.2, 0.25) is 0 Å². The molecule has 17 heavy (non-hydrogen) atoms. The average molecular weight is 247 g/mol. The van der Waals surface area contributed by atoms with E-state index in [9.17, 15) is 4.79 Å². The summed E-state index contributed by atoms with van der Waals surface area (Å²) in [6, 6.07) is 0.0829. The highest BCUT2D eigenvalue weighted by atomic mass is 16.7. The van der Waals surface area contributed by atoms with E-state index in [4.69, 9.17) is 18.9 Å². The van der Waals surface area contributed by atoms with E-state index in [-0.39, 0.29) is 38.4 Å². The minimum Gasteiger partial charge on any atom is -0.359 e. The molecule has 1 rings (SSSR count). The van der Waals surface area contributed by atoms with Crippen molar-refractivity contribution in [2.24, 2.45) is 0 Å². The van der Waals surface area contributed by atoms with Crippen LogP contribution in [0.5, 0.6) is 0 Å². The van der Waals surface area contributed by atoms with Crippen LogP contribution in [0.1, 0.15) is 19.8 Å². The standard InChI is InChI=1S/C11H21NO5/c1-4-5-9-10(17-8-15-3)11(13)12(9)6-16-7-14-2/h9-10H,4-8H2,1-3H3/t9-,10+/m0/s1. The van der Waals surface area contributed by atoms with Crippen LogP contribution in [0.3, 0.4) is 0 Å². The van der Waals surface area contributed by atoms with Gasteiger partial charge in [0, 0.05) is 14.2 Å². The molecular formula is C11H21NO5. The summed E-state index contributed by atoms with van der Waals surface area (Å²) in [5, 5.41) is 0. The van der Waals surface area contributed by atoms with Crippen LogP contribution in [-0.2, 0) is 23.7 Å². The zero-order valence-corrected chi connectivity index (χ0v) is 10.7. The Hall–Kier alpha value is -0.690. The predicted molar refractivity (Wildman–Crippen MR) is 60.1 cm³/mol. The molecule has 0 radical (unpaired) electrons. The largest absolute Gasteiger partial charge is 0.359 e. The van der Waals surface area contributed by atoms with Gasteiger partial charge in [0.25, 0.3) is 5.91 Å². The second-order valence-electron chi connectivity index (χ2n) is 3.90. The van der Waals surface area contributed by atoms with Crippen molar-refractivity contribution in [3.63, 3.8) is 0 Å². The Morgan fingerprint density at radius 2 is 1.94 bits per heavy atom. The molecule has 1 heterocycles. The molecule has 1 aliphatic heterocycles. The molecule has 0 unspecified atom stereocenters. The number of nitrogens with zero attached hydrogens (tertiary/aromatic N) is 1. The van der Waals surface area contributed by atoms with E-state index < -0.39 is 0 Å². The molecule has 0 N–H and O–H groups in total. The summed E-state index contributed by atoms with van der Waals surface area (Å²) >= 11 is 0. The second-order valence-corrected chi connectivity index (χ2v) is 3.90. The van der Waals surface area contributed by atoms with Crippen LogP contribution in [0, 0.1) is 0 Å². The Labute approximate surface area is 102 Å². The first-order valence-corrected chi connectivity index (χ1v) is 5.74. The Bertz CT molecular complexity index is 236. The average Bonchev–Trinajstić information content (AvgIpc) is 2.34.